The Morgan fingerprint density at radius 2 is 0.929 bits per heavy atom. The molecule has 12 aromatic rings. The van der Waals surface area contributed by atoms with Crippen LogP contribution in [0.3, 0.4) is 0 Å². The van der Waals surface area contributed by atoms with E-state index in [2.05, 4.69) is 173 Å². The molecule has 0 spiro atoms. The molecule has 0 saturated heterocycles. The van der Waals surface area contributed by atoms with E-state index in [1.807, 2.05) is 24.4 Å². The van der Waals surface area contributed by atoms with Gasteiger partial charge in [-0.3, -0.25) is 0 Å². The summed E-state index contributed by atoms with van der Waals surface area (Å²) in [5.41, 5.74) is 11.7. The largest absolute Gasteiger partial charge is 0.456 e. The van der Waals surface area contributed by atoms with Crippen LogP contribution in [0.2, 0.25) is 0 Å². The van der Waals surface area contributed by atoms with Gasteiger partial charge < -0.3 is 18.1 Å². The summed E-state index contributed by atoms with van der Waals surface area (Å²) in [6.07, 6.45) is 4.10. The van der Waals surface area contributed by atoms with Crippen molar-refractivity contribution in [1.82, 2.24) is 9.38 Å². The number of benzene rings is 8. The van der Waals surface area contributed by atoms with Crippen LogP contribution in [0.15, 0.2) is 197 Å². The molecule has 0 bridgehead atoms. The number of hydrogen-bond acceptors (Lipinski definition) is 4. The first-order chi connectivity index (χ1) is 27.7. The third-order valence-corrected chi connectivity index (χ3v) is 11.2. The lowest BCUT2D eigenvalue weighted by Gasteiger charge is -2.25. The van der Waals surface area contributed by atoms with E-state index in [-0.39, 0.29) is 0 Å². The smallest absolute Gasteiger partial charge is 0.137 e. The molecule has 0 aliphatic rings. The third-order valence-electron chi connectivity index (χ3n) is 11.2. The molecule has 4 heterocycles. The van der Waals surface area contributed by atoms with Crippen molar-refractivity contribution >= 4 is 88.1 Å². The predicted octanol–water partition coefficient (Wildman–Crippen LogP) is 14.2. The summed E-state index contributed by atoms with van der Waals surface area (Å²) in [4.78, 5) is 7.09. The van der Waals surface area contributed by atoms with Crippen LogP contribution < -0.4 is 4.90 Å². The SMILES string of the molecule is c1ccc2c(c1)ccc1oc3cc(N(c4ccc(-c5ccc(-c6cn7ccccc7n6)cc5)cc4)c4ccc5c(c4)oc4ccc6ccccc6c45)ccc3c12. The summed E-state index contributed by atoms with van der Waals surface area (Å²) in [6.45, 7) is 0. The van der Waals surface area contributed by atoms with Crippen LogP contribution in [0.4, 0.5) is 17.1 Å². The highest BCUT2D eigenvalue weighted by Gasteiger charge is 2.19. The molecule has 56 heavy (non-hydrogen) atoms. The van der Waals surface area contributed by atoms with Crippen LogP contribution >= 0.6 is 0 Å². The molecule has 0 N–H and O–H groups in total. The van der Waals surface area contributed by atoms with Crippen molar-refractivity contribution in [1.29, 1.82) is 0 Å². The number of furan rings is 2. The first kappa shape index (κ1) is 30.8. The lowest BCUT2D eigenvalue weighted by Crippen LogP contribution is -2.09. The fourth-order valence-electron chi connectivity index (χ4n) is 8.51. The average Bonchev–Trinajstić information content (AvgIpc) is 3.97. The predicted molar refractivity (Wildman–Crippen MR) is 230 cm³/mol. The van der Waals surface area contributed by atoms with Gasteiger partial charge in [-0.1, -0.05) is 103 Å². The molecule has 0 unspecified atom stereocenters. The van der Waals surface area contributed by atoms with E-state index in [1.165, 1.54) is 21.5 Å². The minimum atomic E-state index is 0.845. The minimum absolute atomic E-state index is 0.845. The van der Waals surface area contributed by atoms with E-state index in [0.29, 0.717) is 0 Å². The van der Waals surface area contributed by atoms with E-state index < -0.39 is 0 Å². The summed E-state index contributed by atoms with van der Waals surface area (Å²) >= 11 is 0. The maximum absolute atomic E-state index is 6.56. The van der Waals surface area contributed by atoms with E-state index in [4.69, 9.17) is 13.8 Å². The Balaban J connectivity index is 0.976. The summed E-state index contributed by atoms with van der Waals surface area (Å²) in [5, 5.41) is 9.27. The molecule has 0 amide bonds. The third kappa shape index (κ3) is 4.78. The van der Waals surface area contributed by atoms with Gasteiger partial charge in [-0.25, -0.2) is 4.98 Å². The fraction of sp³-hybridized carbons (Fsp3) is 0. The van der Waals surface area contributed by atoms with Crippen molar-refractivity contribution in [3.05, 3.63) is 188 Å². The maximum Gasteiger partial charge on any atom is 0.137 e. The topological polar surface area (TPSA) is 46.8 Å². The molecule has 0 aliphatic heterocycles. The molecule has 0 radical (unpaired) electrons. The van der Waals surface area contributed by atoms with Gasteiger partial charge in [0.1, 0.15) is 28.0 Å². The van der Waals surface area contributed by atoms with E-state index in [9.17, 15) is 0 Å². The Labute approximate surface area is 320 Å². The standard InChI is InChI=1S/C51H31N3O2/c1-3-9-40-34(7-1)18-26-45-50(40)42-24-22-38(29-47(42)55-45)54(39-23-25-43-48(30-39)56-46-27-19-35-8-2-4-10-41(35)51(43)46)37-20-16-33(17-21-37)32-12-14-36(15-13-32)44-31-53-28-6-5-11-49(53)52-44/h1-31H. The molecule has 5 nitrogen and oxygen atoms in total. The molecule has 262 valence electrons. The van der Waals surface area contributed by atoms with E-state index >= 15 is 0 Å². The van der Waals surface area contributed by atoms with Gasteiger partial charge in [0.25, 0.3) is 0 Å². The monoisotopic (exact) mass is 717 g/mol. The first-order valence-electron chi connectivity index (χ1n) is 18.8. The van der Waals surface area contributed by atoms with Gasteiger partial charge in [0, 0.05) is 68.7 Å². The van der Waals surface area contributed by atoms with Crippen molar-refractivity contribution in [2.24, 2.45) is 0 Å². The zero-order chi connectivity index (χ0) is 36.7. The summed E-state index contributed by atoms with van der Waals surface area (Å²) in [6, 6.07) is 62.0. The Kier molecular flexibility index (Phi) is 6.56. The van der Waals surface area contributed by atoms with Crippen molar-refractivity contribution < 1.29 is 8.83 Å². The van der Waals surface area contributed by atoms with Gasteiger partial charge in [0.2, 0.25) is 0 Å². The number of nitrogens with zero attached hydrogens (tertiary/aromatic N) is 3. The van der Waals surface area contributed by atoms with Crippen LogP contribution in [0.25, 0.3) is 93.5 Å². The number of imidazole rings is 1. The Bertz CT molecular complexity index is 3290. The molecule has 0 saturated carbocycles. The molecule has 4 aromatic heterocycles. The molecule has 8 aromatic carbocycles. The Morgan fingerprint density at radius 3 is 1.52 bits per heavy atom. The second-order valence-corrected chi connectivity index (χ2v) is 14.4. The minimum Gasteiger partial charge on any atom is -0.456 e. The summed E-state index contributed by atoms with van der Waals surface area (Å²) in [7, 11) is 0. The highest BCUT2D eigenvalue weighted by molar-refractivity contribution is 6.20. The van der Waals surface area contributed by atoms with Crippen molar-refractivity contribution in [2.75, 3.05) is 4.90 Å². The molecule has 5 heteroatoms. The van der Waals surface area contributed by atoms with Gasteiger partial charge in [0.05, 0.1) is 5.69 Å². The molecule has 0 atom stereocenters. The molecule has 0 aliphatic carbocycles. The number of rotatable bonds is 5. The van der Waals surface area contributed by atoms with Gasteiger partial charge in [-0.15, -0.1) is 0 Å². The van der Waals surface area contributed by atoms with Gasteiger partial charge >= 0.3 is 0 Å². The Hall–Kier alpha value is -7.63. The second-order valence-electron chi connectivity index (χ2n) is 14.4. The lowest BCUT2D eigenvalue weighted by molar-refractivity contribution is 0.669. The normalized spacial score (nSPS) is 11.9. The number of anilines is 3. The van der Waals surface area contributed by atoms with Gasteiger partial charge in [-0.05, 0) is 93.3 Å². The van der Waals surface area contributed by atoms with Gasteiger partial charge in [-0.2, -0.15) is 0 Å². The van der Waals surface area contributed by atoms with Crippen LogP contribution in [0.1, 0.15) is 0 Å². The van der Waals surface area contributed by atoms with E-state index in [1.54, 1.807) is 0 Å². The Morgan fingerprint density at radius 1 is 0.411 bits per heavy atom. The number of hydrogen-bond donors (Lipinski definition) is 0. The van der Waals surface area contributed by atoms with Crippen molar-refractivity contribution in [3.63, 3.8) is 0 Å². The van der Waals surface area contributed by atoms with Crippen LogP contribution in [-0.4, -0.2) is 9.38 Å². The quantitative estimate of drug-likeness (QED) is 0.178. The summed E-state index contributed by atoms with van der Waals surface area (Å²) < 4.78 is 15.2. The molecule has 12 rings (SSSR count). The number of fused-ring (bicyclic) bond motifs is 11. The highest BCUT2D eigenvalue weighted by Crippen LogP contribution is 2.43. The van der Waals surface area contributed by atoms with Crippen LogP contribution in [-0.2, 0) is 0 Å². The zero-order valence-corrected chi connectivity index (χ0v) is 30.1. The molecule has 0 fully saturated rings. The van der Waals surface area contributed by atoms with Crippen LogP contribution in [0, 0.1) is 0 Å². The van der Waals surface area contributed by atoms with Crippen molar-refractivity contribution in [3.8, 4) is 22.4 Å². The zero-order valence-electron chi connectivity index (χ0n) is 30.1. The fourth-order valence-corrected chi connectivity index (χ4v) is 8.51. The first-order valence-corrected chi connectivity index (χ1v) is 18.8. The maximum atomic E-state index is 6.56. The van der Waals surface area contributed by atoms with Crippen LogP contribution in [0.5, 0.6) is 0 Å². The molecular weight excluding hydrogens is 687 g/mol. The highest BCUT2D eigenvalue weighted by atomic mass is 16.3. The van der Waals surface area contributed by atoms with Gasteiger partial charge in [0.15, 0.2) is 0 Å². The lowest BCUT2D eigenvalue weighted by atomic mass is 10.0. The van der Waals surface area contributed by atoms with E-state index in [0.717, 1.165) is 89.0 Å². The summed E-state index contributed by atoms with van der Waals surface area (Å²) in [5.74, 6) is 0. The average molecular weight is 718 g/mol. The molecular formula is C51H31N3O2. The van der Waals surface area contributed by atoms with Crippen molar-refractivity contribution in [2.45, 2.75) is 0 Å². The second kappa shape index (κ2) is 11.9. The number of pyridine rings is 1. The number of aromatic nitrogens is 2.